The molecule has 1 aromatic heterocycles. The number of nitrogens with zero attached hydrogens (tertiary/aromatic N) is 2. The lowest BCUT2D eigenvalue weighted by atomic mass is 9.94. The maximum absolute atomic E-state index is 12.3. The molecular formula is C15H24N4O3S. The van der Waals surface area contributed by atoms with Gasteiger partial charge in [-0.05, 0) is 43.6 Å². The molecule has 0 radical (unpaired) electrons. The Morgan fingerprint density at radius 1 is 1.35 bits per heavy atom. The van der Waals surface area contributed by atoms with Crippen LogP contribution in [0.5, 0.6) is 0 Å². The Hall–Kier alpha value is -1.41. The van der Waals surface area contributed by atoms with Crippen molar-refractivity contribution in [3.05, 3.63) is 17.0 Å². The third-order valence-corrected chi connectivity index (χ3v) is 5.76. The number of rotatable bonds is 5. The van der Waals surface area contributed by atoms with E-state index in [0.717, 1.165) is 18.5 Å². The molecule has 1 aromatic rings. The Morgan fingerprint density at radius 3 is 2.91 bits per heavy atom. The van der Waals surface area contributed by atoms with Crippen LogP contribution in [0.3, 0.4) is 0 Å². The number of nitrogens with two attached hydrogens (primary N) is 1. The first-order chi connectivity index (χ1) is 10.9. The molecule has 0 saturated carbocycles. The van der Waals surface area contributed by atoms with Crippen molar-refractivity contribution in [2.24, 2.45) is 11.1 Å². The molecule has 1 atom stereocenters. The second kappa shape index (κ2) is 6.60. The fourth-order valence-electron chi connectivity index (χ4n) is 3.66. The lowest BCUT2D eigenvalue weighted by Crippen LogP contribution is -2.31. The monoisotopic (exact) mass is 340 g/mol. The molecule has 0 spiro atoms. The summed E-state index contributed by atoms with van der Waals surface area (Å²) in [7, 11) is -3.47. The predicted molar refractivity (Wildman–Crippen MR) is 86.2 cm³/mol. The molecule has 0 bridgehead atoms. The summed E-state index contributed by atoms with van der Waals surface area (Å²) in [5.74, 6) is 0.00508. The van der Waals surface area contributed by atoms with Gasteiger partial charge in [-0.3, -0.25) is 9.89 Å². The van der Waals surface area contributed by atoms with Gasteiger partial charge in [0.1, 0.15) is 0 Å². The molecule has 1 aliphatic carbocycles. The smallest absolute Gasteiger partial charge is 0.222 e. The summed E-state index contributed by atoms with van der Waals surface area (Å²) in [5.41, 5.74) is 3.55. The highest BCUT2D eigenvalue weighted by atomic mass is 32.2. The number of carbonyl (C=O) groups excluding carboxylic acids is 1. The van der Waals surface area contributed by atoms with E-state index in [1.54, 1.807) is 4.90 Å². The number of likely N-dealkylation sites (tertiary alicyclic amines) is 1. The van der Waals surface area contributed by atoms with E-state index in [1.807, 2.05) is 0 Å². The summed E-state index contributed by atoms with van der Waals surface area (Å²) in [6, 6.07) is 0. The molecule has 1 aliphatic heterocycles. The van der Waals surface area contributed by atoms with Crippen molar-refractivity contribution >= 4 is 15.9 Å². The summed E-state index contributed by atoms with van der Waals surface area (Å²) < 4.78 is 22.3. The van der Waals surface area contributed by atoms with E-state index in [1.165, 1.54) is 24.1 Å². The molecule has 23 heavy (non-hydrogen) atoms. The summed E-state index contributed by atoms with van der Waals surface area (Å²) in [5, 5.41) is 12.5. The second-order valence-corrected chi connectivity index (χ2v) is 8.32. The third-order valence-electron chi connectivity index (χ3n) is 4.82. The first-order valence-electron chi connectivity index (χ1n) is 8.25. The van der Waals surface area contributed by atoms with Gasteiger partial charge in [-0.1, -0.05) is 0 Å². The van der Waals surface area contributed by atoms with Gasteiger partial charge in [0.2, 0.25) is 15.9 Å². The minimum Gasteiger partial charge on any atom is -0.342 e. The van der Waals surface area contributed by atoms with Gasteiger partial charge in [-0.15, -0.1) is 0 Å². The van der Waals surface area contributed by atoms with Gasteiger partial charge in [0.15, 0.2) is 0 Å². The SMILES string of the molecule is NS(=O)(=O)C[C@@H]1CCN(C(=O)CCc2n[nH]c3c2CCCC3)C1. The molecular weight excluding hydrogens is 316 g/mol. The van der Waals surface area contributed by atoms with Crippen molar-refractivity contribution in [2.45, 2.75) is 44.9 Å². The van der Waals surface area contributed by atoms with Gasteiger partial charge in [-0.2, -0.15) is 5.10 Å². The van der Waals surface area contributed by atoms with E-state index in [9.17, 15) is 13.2 Å². The fourth-order valence-corrected chi connectivity index (χ4v) is 4.59. The molecule has 2 heterocycles. The molecule has 3 rings (SSSR count). The number of amides is 1. The van der Waals surface area contributed by atoms with E-state index < -0.39 is 10.0 Å². The Morgan fingerprint density at radius 2 is 2.13 bits per heavy atom. The van der Waals surface area contributed by atoms with E-state index in [4.69, 9.17) is 5.14 Å². The molecule has 8 heteroatoms. The predicted octanol–water partition coefficient (Wildman–Crippen LogP) is 0.358. The summed E-state index contributed by atoms with van der Waals surface area (Å²) in [6.45, 7) is 1.12. The van der Waals surface area contributed by atoms with Crippen LogP contribution in [0.25, 0.3) is 0 Å². The number of aromatic amines is 1. The summed E-state index contributed by atoms with van der Waals surface area (Å²) >= 11 is 0. The van der Waals surface area contributed by atoms with E-state index in [0.29, 0.717) is 32.4 Å². The quantitative estimate of drug-likeness (QED) is 0.806. The Labute approximate surface area is 136 Å². The van der Waals surface area contributed by atoms with Crippen LogP contribution < -0.4 is 5.14 Å². The fraction of sp³-hybridized carbons (Fsp3) is 0.733. The topological polar surface area (TPSA) is 109 Å². The van der Waals surface area contributed by atoms with Crippen molar-refractivity contribution < 1.29 is 13.2 Å². The molecule has 7 nitrogen and oxygen atoms in total. The average Bonchev–Trinajstić information content (AvgIpc) is 3.10. The van der Waals surface area contributed by atoms with Crippen LogP contribution in [0.4, 0.5) is 0 Å². The Kier molecular flexibility index (Phi) is 4.72. The van der Waals surface area contributed by atoms with Gasteiger partial charge in [0.25, 0.3) is 0 Å². The van der Waals surface area contributed by atoms with Crippen LogP contribution in [0, 0.1) is 5.92 Å². The lowest BCUT2D eigenvalue weighted by molar-refractivity contribution is -0.130. The van der Waals surface area contributed by atoms with E-state index in [2.05, 4.69) is 10.2 Å². The molecule has 2 aliphatic rings. The third kappa shape index (κ3) is 4.11. The number of H-pyrrole nitrogens is 1. The van der Waals surface area contributed by atoms with Gasteiger partial charge in [0.05, 0.1) is 11.4 Å². The number of fused-ring (bicyclic) bond motifs is 1. The van der Waals surface area contributed by atoms with Crippen LogP contribution >= 0.6 is 0 Å². The zero-order valence-corrected chi connectivity index (χ0v) is 14.1. The largest absolute Gasteiger partial charge is 0.342 e. The average molecular weight is 340 g/mol. The number of nitrogens with one attached hydrogen (secondary N) is 1. The molecule has 1 saturated heterocycles. The maximum Gasteiger partial charge on any atom is 0.222 e. The number of sulfonamides is 1. The lowest BCUT2D eigenvalue weighted by Gasteiger charge is -2.16. The van der Waals surface area contributed by atoms with Crippen molar-refractivity contribution in [1.82, 2.24) is 15.1 Å². The van der Waals surface area contributed by atoms with Gasteiger partial charge < -0.3 is 4.90 Å². The molecule has 0 aromatic carbocycles. The number of carbonyl (C=O) groups is 1. The van der Waals surface area contributed by atoms with Crippen LogP contribution in [0.2, 0.25) is 0 Å². The normalized spacial score (nSPS) is 21.4. The van der Waals surface area contributed by atoms with Gasteiger partial charge >= 0.3 is 0 Å². The molecule has 1 fully saturated rings. The van der Waals surface area contributed by atoms with Crippen molar-refractivity contribution in [2.75, 3.05) is 18.8 Å². The second-order valence-electron chi connectivity index (χ2n) is 6.66. The number of hydrogen-bond acceptors (Lipinski definition) is 4. The molecule has 128 valence electrons. The van der Waals surface area contributed by atoms with Crippen LogP contribution in [0.1, 0.15) is 42.6 Å². The zero-order chi connectivity index (χ0) is 16.4. The highest BCUT2D eigenvalue weighted by Crippen LogP contribution is 2.24. The van der Waals surface area contributed by atoms with Crippen LogP contribution in [-0.2, 0) is 34.1 Å². The first kappa shape index (κ1) is 16.4. The van der Waals surface area contributed by atoms with Crippen molar-refractivity contribution in [1.29, 1.82) is 0 Å². The van der Waals surface area contributed by atoms with Gasteiger partial charge in [0, 0.05) is 31.6 Å². The number of aromatic nitrogens is 2. The van der Waals surface area contributed by atoms with Crippen molar-refractivity contribution in [3.8, 4) is 0 Å². The minimum atomic E-state index is -3.47. The molecule has 0 unspecified atom stereocenters. The van der Waals surface area contributed by atoms with Crippen LogP contribution in [0.15, 0.2) is 0 Å². The standard InChI is InChI=1S/C15H24N4O3S/c16-23(21,22)10-11-7-8-19(9-11)15(20)6-5-14-12-3-1-2-4-13(12)17-18-14/h11H,1-10H2,(H,17,18)(H2,16,21,22)/t11-/m1/s1. The summed E-state index contributed by atoms with van der Waals surface area (Å²) in [6.07, 6.45) is 6.29. The molecule has 1 amide bonds. The zero-order valence-electron chi connectivity index (χ0n) is 13.3. The van der Waals surface area contributed by atoms with Gasteiger partial charge in [-0.25, -0.2) is 13.6 Å². The number of hydrogen-bond donors (Lipinski definition) is 2. The number of primary sulfonamides is 1. The van der Waals surface area contributed by atoms with E-state index in [-0.39, 0.29) is 17.6 Å². The highest BCUT2D eigenvalue weighted by molar-refractivity contribution is 7.89. The first-order valence-corrected chi connectivity index (χ1v) is 9.97. The number of aryl methyl sites for hydroxylation is 2. The minimum absolute atomic E-state index is 0.0351. The summed E-state index contributed by atoms with van der Waals surface area (Å²) in [4.78, 5) is 14.1. The highest BCUT2D eigenvalue weighted by Gasteiger charge is 2.28. The Balaban J connectivity index is 1.51. The maximum atomic E-state index is 12.3. The van der Waals surface area contributed by atoms with Crippen LogP contribution in [-0.4, -0.2) is 48.3 Å². The molecule has 3 N–H and O–H groups in total. The Bertz CT molecular complexity index is 683. The van der Waals surface area contributed by atoms with Crippen molar-refractivity contribution in [3.63, 3.8) is 0 Å². The van der Waals surface area contributed by atoms with E-state index >= 15 is 0 Å².